The number of hydrogen-bond acceptors (Lipinski definition) is 6. The predicted octanol–water partition coefficient (Wildman–Crippen LogP) is 4.26. The predicted molar refractivity (Wildman–Crippen MR) is 138 cm³/mol. The third-order valence-corrected chi connectivity index (χ3v) is 5.59. The molecule has 186 valence electrons. The molecule has 0 aliphatic carbocycles. The number of carbonyl (C=O) groups excluding carboxylic acids is 2. The Morgan fingerprint density at radius 3 is 2.25 bits per heavy atom. The Morgan fingerprint density at radius 2 is 1.61 bits per heavy atom. The summed E-state index contributed by atoms with van der Waals surface area (Å²) in [7, 11) is 0. The molecule has 0 bridgehead atoms. The van der Waals surface area contributed by atoms with Crippen LogP contribution in [0.25, 0.3) is 16.5 Å². The van der Waals surface area contributed by atoms with Crippen LogP contribution in [-0.4, -0.2) is 38.0 Å². The van der Waals surface area contributed by atoms with Gasteiger partial charge in [-0.2, -0.15) is 10.2 Å². The van der Waals surface area contributed by atoms with E-state index in [0.717, 1.165) is 11.4 Å². The number of ether oxygens (including phenoxy) is 1. The number of anilines is 1. The van der Waals surface area contributed by atoms with E-state index in [9.17, 15) is 14.4 Å². The quantitative estimate of drug-likeness (QED) is 0.407. The van der Waals surface area contributed by atoms with Crippen LogP contribution in [0.3, 0.4) is 0 Å². The Hall–Kier alpha value is -4.27. The van der Waals surface area contributed by atoms with Crippen LogP contribution in [-0.2, 0) is 14.9 Å². The summed E-state index contributed by atoms with van der Waals surface area (Å²) in [6.45, 7) is 9.17. The number of esters is 1. The molecule has 0 spiro atoms. The van der Waals surface area contributed by atoms with Crippen molar-refractivity contribution in [2.45, 2.75) is 46.1 Å². The van der Waals surface area contributed by atoms with E-state index in [-0.39, 0.29) is 22.7 Å². The Labute approximate surface area is 208 Å². The SMILES string of the molecule is CC(C)n1nc(C(=O)OCC(=O)Nc2cc(C(C)(C)C)nn2-c2ccccc2)c2ccccc2c1=O. The van der Waals surface area contributed by atoms with Crippen LogP contribution in [0.2, 0.25) is 0 Å². The first-order valence-electron chi connectivity index (χ1n) is 11.7. The molecule has 2 aromatic heterocycles. The lowest BCUT2D eigenvalue weighted by Crippen LogP contribution is -2.29. The molecule has 9 heteroatoms. The topological polar surface area (TPSA) is 108 Å². The van der Waals surface area contributed by atoms with Gasteiger partial charge in [-0.1, -0.05) is 57.2 Å². The van der Waals surface area contributed by atoms with E-state index in [0.29, 0.717) is 16.6 Å². The van der Waals surface area contributed by atoms with Gasteiger partial charge in [0.2, 0.25) is 0 Å². The molecule has 1 amide bonds. The molecule has 4 rings (SSSR count). The number of benzene rings is 2. The zero-order valence-corrected chi connectivity index (χ0v) is 21.0. The van der Waals surface area contributed by atoms with Crippen molar-refractivity contribution in [2.75, 3.05) is 11.9 Å². The lowest BCUT2D eigenvalue weighted by atomic mass is 9.92. The number of amides is 1. The fourth-order valence-electron chi connectivity index (χ4n) is 3.69. The molecule has 0 radical (unpaired) electrons. The maximum Gasteiger partial charge on any atom is 0.359 e. The van der Waals surface area contributed by atoms with Crippen molar-refractivity contribution in [1.82, 2.24) is 19.6 Å². The molecule has 0 unspecified atom stereocenters. The van der Waals surface area contributed by atoms with Gasteiger partial charge >= 0.3 is 5.97 Å². The van der Waals surface area contributed by atoms with E-state index >= 15 is 0 Å². The van der Waals surface area contributed by atoms with Gasteiger partial charge in [-0.15, -0.1) is 0 Å². The molecule has 0 saturated heterocycles. The molecule has 4 aromatic rings. The second kappa shape index (κ2) is 9.77. The lowest BCUT2D eigenvalue weighted by Gasteiger charge is -2.14. The molecular formula is C27H29N5O4. The summed E-state index contributed by atoms with van der Waals surface area (Å²) in [5.41, 5.74) is 1.03. The number of nitrogens with zero attached hydrogens (tertiary/aromatic N) is 4. The highest BCUT2D eigenvalue weighted by atomic mass is 16.5. The third-order valence-electron chi connectivity index (χ3n) is 5.59. The van der Waals surface area contributed by atoms with E-state index in [4.69, 9.17) is 4.74 Å². The van der Waals surface area contributed by atoms with Crippen molar-refractivity contribution in [3.05, 3.63) is 82.4 Å². The second-order valence-corrected chi connectivity index (χ2v) is 9.77. The van der Waals surface area contributed by atoms with Gasteiger partial charge in [0.05, 0.1) is 22.8 Å². The molecule has 0 aliphatic heterocycles. The number of para-hydroxylation sites is 1. The number of rotatable bonds is 6. The summed E-state index contributed by atoms with van der Waals surface area (Å²) in [6.07, 6.45) is 0. The molecule has 36 heavy (non-hydrogen) atoms. The first-order chi connectivity index (χ1) is 17.1. The van der Waals surface area contributed by atoms with E-state index in [1.807, 2.05) is 51.1 Å². The zero-order chi connectivity index (χ0) is 26.0. The van der Waals surface area contributed by atoms with Gasteiger partial charge in [0.25, 0.3) is 11.5 Å². The van der Waals surface area contributed by atoms with E-state index < -0.39 is 18.5 Å². The maximum absolute atomic E-state index is 12.9. The molecule has 2 heterocycles. The Balaban J connectivity index is 1.56. The van der Waals surface area contributed by atoms with Crippen molar-refractivity contribution in [2.24, 2.45) is 0 Å². The molecule has 0 atom stereocenters. The van der Waals surface area contributed by atoms with Crippen LogP contribution >= 0.6 is 0 Å². The molecule has 9 nitrogen and oxygen atoms in total. The van der Waals surface area contributed by atoms with E-state index in [1.54, 1.807) is 48.9 Å². The fourth-order valence-corrected chi connectivity index (χ4v) is 3.69. The van der Waals surface area contributed by atoms with E-state index in [1.165, 1.54) is 4.68 Å². The minimum atomic E-state index is -0.789. The largest absolute Gasteiger partial charge is 0.451 e. The minimum absolute atomic E-state index is 0.0175. The second-order valence-electron chi connectivity index (χ2n) is 9.77. The average Bonchev–Trinajstić information content (AvgIpc) is 3.27. The molecule has 2 aromatic carbocycles. The maximum atomic E-state index is 12.9. The number of hydrogen-bond donors (Lipinski definition) is 1. The Kier molecular flexibility index (Phi) is 6.74. The van der Waals surface area contributed by atoms with Crippen LogP contribution < -0.4 is 10.9 Å². The average molecular weight is 488 g/mol. The zero-order valence-electron chi connectivity index (χ0n) is 21.0. The summed E-state index contributed by atoms with van der Waals surface area (Å²) in [5, 5.41) is 12.4. The van der Waals surface area contributed by atoms with Crippen LogP contribution in [0.1, 0.15) is 56.8 Å². The minimum Gasteiger partial charge on any atom is -0.451 e. The molecule has 0 fully saturated rings. The summed E-state index contributed by atoms with van der Waals surface area (Å²) in [6, 6.07) is 17.7. The van der Waals surface area contributed by atoms with Crippen LogP contribution in [0.4, 0.5) is 5.82 Å². The lowest BCUT2D eigenvalue weighted by molar-refractivity contribution is -0.119. The van der Waals surface area contributed by atoms with Gasteiger partial charge in [0.1, 0.15) is 5.82 Å². The smallest absolute Gasteiger partial charge is 0.359 e. The highest BCUT2D eigenvalue weighted by molar-refractivity contribution is 6.03. The van der Waals surface area contributed by atoms with Crippen molar-refractivity contribution in [3.8, 4) is 5.69 Å². The van der Waals surface area contributed by atoms with Crippen molar-refractivity contribution in [1.29, 1.82) is 0 Å². The molecule has 0 saturated carbocycles. The van der Waals surface area contributed by atoms with Crippen LogP contribution in [0.15, 0.2) is 65.5 Å². The molecule has 1 N–H and O–H groups in total. The van der Waals surface area contributed by atoms with Gasteiger partial charge in [-0.3, -0.25) is 9.59 Å². The van der Waals surface area contributed by atoms with Crippen molar-refractivity contribution in [3.63, 3.8) is 0 Å². The Morgan fingerprint density at radius 1 is 0.972 bits per heavy atom. The highest BCUT2D eigenvalue weighted by Crippen LogP contribution is 2.26. The number of carbonyl (C=O) groups is 2. The van der Waals surface area contributed by atoms with Crippen LogP contribution in [0, 0.1) is 0 Å². The summed E-state index contributed by atoms with van der Waals surface area (Å²) < 4.78 is 8.19. The van der Waals surface area contributed by atoms with Crippen molar-refractivity contribution >= 4 is 28.5 Å². The van der Waals surface area contributed by atoms with Crippen molar-refractivity contribution < 1.29 is 14.3 Å². The summed E-state index contributed by atoms with van der Waals surface area (Å²) >= 11 is 0. The normalized spacial score (nSPS) is 11.6. The summed E-state index contributed by atoms with van der Waals surface area (Å²) in [4.78, 5) is 38.4. The molecular weight excluding hydrogens is 458 g/mol. The Bertz CT molecular complexity index is 1480. The van der Waals surface area contributed by atoms with Gasteiger partial charge in [-0.25, -0.2) is 14.2 Å². The highest BCUT2D eigenvalue weighted by Gasteiger charge is 2.23. The molecule has 0 aliphatic rings. The number of fused-ring (bicyclic) bond motifs is 1. The van der Waals surface area contributed by atoms with Crippen LogP contribution in [0.5, 0.6) is 0 Å². The third kappa shape index (κ3) is 5.05. The first kappa shape index (κ1) is 24.8. The van der Waals surface area contributed by atoms with Gasteiger partial charge in [0, 0.05) is 16.9 Å². The van der Waals surface area contributed by atoms with Gasteiger partial charge in [0.15, 0.2) is 12.3 Å². The van der Waals surface area contributed by atoms with E-state index in [2.05, 4.69) is 15.5 Å². The van der Waals surface area contributed by atoms with Gasteiger partial charge in [-0.05, 0) is 32.0 Å². The fraction of sp³-hybridized carbons (Fsp3) is 0.296. The monoisotopic (exact) mass is 487 g/mol. The number of aromatic nitrogens is 4. The standard InChI is InChI=1S/C27H29N5O4/c1-17(2)31-25(34)20-14-10-9-13-19(20)24(30-31)26(35)36-16-23(33)28-22-15-21(27(3,4)5)29-32(22)18-11-7-6-8-12-18/h6-15,17H,16H2,1-5H3,(H,28,33). The number of nitrogens with one attached hydrogen (secondary N) is 1. The summed E-state index contributed by atoms with van der Waals surface area (Å²) in [5.74, 6) is -0.853. The first-order valence-corrected chi connectivity index (χ1v) is 11.7. The van der Waals surface area contributed by atoms with Gasteiger partial charge < -0.3 is 10.1 Å².